The van der Waals surface area contributed by atoms with E-state index >= 15 is 0 Å². The summed E-state index contributed by atoms with van der Waals surface area (Å²) in [6, 6.07) is 8.85. The third kappa shape index (κ3) is 7.24. The molecule has 9 nitrogen and oxygen atoms in total. The first-order valence-electron chi connectivity index (χ1n) is 10.8. The van der Waals surface area contributed by atoms with Gasteiger partial charge in [-0.15, -0.1) is 0 Å². The molecule has 0 saturated carbocycles. The van der Waals surface area contributed by atoms with E-state index in [0.717, 1.165) is 23.0 Å². The minimum absolute atomic E-state index is 0.0312. The summed E-state index contributed by atoms with van der Waals surface area (Å²) in [5.41, 5.74) is 2.48. The molecule has 1 fully saturated rings. The summed E-state index contributed by atoms with van der Waals surface area (Å²) in [5, 5.41) is 7.11. The van der Waals surface area contributed by atoms with E-state index in [1.54, 1.807) is 43.7 Å². The number of carbonyl (C=O) groups is 2. The van der Waals surface area contributed by atoms with Gasteiger partial charge in [-0.05, 0) is 31.3 Å². The standard InChI is InChI=1S/C14H9N3O2.C6H11F2N.C4H6N2O/c18-8-10-5-11-3-4-17(14(11)16-6-10)13-2-1-12(9-19)15-7-13;1-9-4-2-6(7,8)3-5-9;1-5-4-2-3-6-7-4/h1-9H;2-5H2,1H3;2-3,5H,1H3. The first-order valence-corrected chi connectivity index (χ1v) is 10.8. The Hall–Kier alpha value is -3.99. The van der Waals surface area contributed by atoms with Crippen LogP contribution in [0.15, 0.2) is 59.6 Å². The fourth-order valence-corrected chi connectivity index (χ4v) is 3.21. The van der Waals surface area contributed by atoms with E-state index in [-0.39, 0.29) is 12.8 Å². The zero-order valence-electron chi connectivity index (χ0n) is 19.4. The summed E-state index contributed by atoms with van der Waals surface area (Å²) in [6.45, 7) is 1.07. The van der Waals surface area contributed by atoms with Gasteiger partial charge in [-0.1, -0.05) is 5.16 Å². The van der Waals surface area contributed by atoms with Crippen molar-refractivity contribution in [1.82, 2.24) is 24.6 Å². The van der Waals surface area contributed by atoms with E-state index in [9.17, 15) is 18.4 Å². The molecular weight excluding hydrogens is 458 g/mol. The molecule has 1 saturated heterocycles. The third-order valence-electron chi connectivity index (χ3n) is 5.26. The van der Waals surface area contributed by atoms with Crippen LogP contribution in [0.2, 0.25) is 0 Å². The van der Waals surface area contributed by atoms with Crippen LogP contribution in [0.25, 0.3) is 16.7 Å². The third-order valence-corrected chi connectivity index (χ3v) is 5.26. The molecule has 0 amide bonds. The molecule has 184 valence electrons. The van der Waals surface area contributed by atoms with Gasteiger partial charge in [0, 0.05) is 62.4 Å². The predicted octanol–water partition coefficient (Wildman–Crippen LogP) is 4.11. The van der Waals surface area contributed by atoms with Crippen molar-refractivity contribution in [2.45, 2.75) is 18.8 Å². The molecule has 0 radical (unpaired) electrons. The SMILES string of the molecule is CN1CCC(F)(F)CC1.CNc1ccno1.O=Cc1cnc2c(ccn2-c2ccc(C=O)nc2)c1. The van der Waals surface area contributed by atoms with Crippen molar-refractivity contribution < 1.29 is 22.9 Å². The fraction of sp³-hybridized carbons (Fsp3) is 0.292. The second-order valence-electron chi connectivity index (χ2n) is 7.83. The highest BCUT2D eigenvalue weighted by molar-refractivity contribution is 5.85. The predicted molar refractivity (Wildman–Crippen MR) is 127 cm³/mol. The van der Waals surface area contributed by atoms with Crippen molar-refractivity contribution >= 4 is 29.5 Å². The Morgan fingerprint density at radius 1 is 1.06 bits per heavy atom. The molecule has 4 aromatic rings. The second-order valence-corrected chi connectivity index (χ2v) is 7.83. The highest BCUT2D eigenvalue weighted by atomic mass is 19.3. The number of likely N-dealkylation sites (tertiary alicyclic amines) is 1. The number of aromatic nitrogens is 4. The van der Waals surface area contributed by atoms with Crippen LogP contribution in [-0.2, 0) is 0 Å². The highest BCUT2D eigenvalue weighted by Gasteiger charge is 2.32. The van der Waals surface area contributed by atoms with Crippen LogP contribution in [0.5, 0.6) is 0 Å². The average molecular weight is 485 g/mol. The molecule has 0 spiro atoms. The zero-order chi connectivity index (χ0) is 25.3. The van der Waals surface area contributed by atoms with E-state index in [0.29, 0.717) is 36.5 Å². The minimum Gasteiger partial charge on any atom is -0.357 e. The zero-order valence-corrected chi connectivity index (χ0v) is 19.4. The maximum atomic E-state index is 12.4. The summed E-state index contributed by atoms with van der Waals surface area (Å²) < 4.78 is 31.2. The number of hydrogen-bond acceptors (Lipinski definition) is 8. The first-order chi connectivity index (χ1) is 16.8. The van der Waals surface area contributed by atoms with E-state index < -0.39 is 5.92 Å². The van der Waals surface area contributed by atoms with Crippen LogP contribution in [0.3, 0.4) is 0 Å². The smallest absolute Gasteiger partial charge is 0.250 e. The summed E-state index contributed by atoms with van der Waals surface area (Å²) in [7, 11) is 3.65. The number of pyridine rings is 2. The van der Waals surface area contributed by atoms with E-state index in [1.807, 2.05) is 28.8 Å². The lowest BCUT2D eigenvalue weighted by Crippen LogP contribution is -2.36. The molecular formula is C24H26F2N6O3. The minimum atomic E-state index is -2.38. The van der Waals surface area contributed by atoms with Gasteiger partial charge in [0.15, 0.2) is 12.6 Å². The lowest BCUT2D eigenvalue weighted by molar-refractivity contribution is -0.0504. The number of halogens is 2. The molecule has 5 heterocycles. The number of nitrogens with zero attached hydrogens (tertiary/aromatic N) is 5. The molecule has 0 unspecified atom stereocenters. The van der Waals surface area contributed by atoms with Gasteiger partial charge in [0.1, 0.15) is 11.3 Å². The van der Waals surface area contributed by atoms with Gasteiger partial charge < -0.3 is 14.7 Å². The van der Waals surface area contributed by atoms with Crippen molar-refractivity contribution in [3.05, 3.63) is 66.4 Å². The number of aldehydes is 2. The molecule has 5 rings (SSSR count). The van der Waals surface area contributed by atoms with Crippen molar-refractivity contribution in [3.63, 3.8) is 0 Å². The molecule has 1 aliphatic rings. The quantitative estimate of drug-likeness (QED) is 0.432. The Morgan fingerprint density at radius 3 is 2.34 bits per heavy atom. The normalized spacial score (nSPS) is 14.7. The molecule has 35 heavy (non-hydrogen) atoms. The Bertz CT molecular complexity index is 1220. The fourth-order valence-electron chi connectivity index (χ4n) is 3.21. The Balaban J connectivity index is 0.000000177. The number of nitrogens with one attached hydrogen (secondary N) is 1. The largest absolute Gasteiger partial charge is 0.357 e. The molecule has 0 aliphatic carbocycles. The van der Waals surface area contributed by atoms with Gasteiger partial charge in [-0.25, -0.2) is 13.8 Å². The van der Waals surface area contributed by atoms with Gasteiger partial charge >= 0.3 is 0 Å². The van der Waals surface area contributed by atoms with Crippen LogP contribution in [-0.4, -0.2) is 70.3 Å². The van der Waals surface area contributed by atoms with E-state index in [2.05, 4.69) is 25.0 Å². The van der Waals surface area contributed by atoms with Crippen molar-refractivity contribution in [3.8, 4) is 5.69 Å². The number of carbonyl (C=O) groups excluding carboxylic acids is 2. The van der Waals surface area contributed by atoms with Crippen LogP contribution in [0.4, 0.5) is 14.7 Å². The number of hydrogen-bond donors (Lipinski definition) is 1. The van der Waals surface area contributed by atoms with Crippen molar-refractivity contribution in [2.24, 2.45) is 0 Å². The van der Waals surface area contributed by atoms with E-state index in [4.69, 9.17) is 0 Å². The number of rotatable bonds is 4. The first kappa shape index (κ1) is 25.6. The average Bonchev–Trinajstić information content (AvgIpc) is 3.56. The second kappa shape index (κ2) is 11.9. The highest BCUT2D eigenvalue weighted by Crippen LogP contribution is 2.26. The summed E-state index contributed by atoms with van der Waals surface area (Å²) in [6.07, 6.45) is 8.11. The molecule has 11 heteroatoms. The number of fused-ring (bicyclic) bond motifs is 1. The van der Waals surface area contributed by atoms with Crippen LogP contribution < -0.4 is 5.32 Å². The molecule has 1 N–H and O–H groups in total. The molecule has 0 bridgehead atoms. The maximum Gasteiger partial charge on any atom is 0.250 e. The topological polar surface area (TPSA) is 106 Å². The van der Waals surface area contributed by atoms with Gasteiger partial charge in [-0.2, -0.15) is 0 Å². The number of alkyl halides is 2. The summed E-state index contributed by atoms with van der Waals surface area (Å²) in [5.74, 6) is -1.69. The Labute approximate surface area is 200 Å². The molecule has 0 aromatic carbocycles. The summed E-state index contributed by atoms with van der Waals surface area (Å²) >= 11 is 0. The van der Waals surface area contributed by atoms with E-state index in [1.165, 1.54) is 6.20 Å². The summed E-state index contributed by atoms with van der Waals surface area (Å²) in [4.78, 5) is 31.5. The monoisotopic (exact) mass is 484 g/mol. The lowest BCUT2D eigenvalue weighted by atomic mass is 10.1. The van der Waals surface area contributed by atoms with Crippen LogP contribution >= 0.6 is 0 Å². The van der Waals surface area contributed by atoms with Gasteiger partial charge in [0.25, 0.3) is 5.92 Å². The van der Waals surface area contributed by atoms with Gasteiger partial charge in [0.2, 0.25) is 5.88 Å². The van der Waals surface area contributed by atoms with Crippen LogP contribution in [0, 0.1) is 0 Å². The molecule has 1 aliphatic heterocycles. The Kier molecular flexibility index (Phi) is 8.74. The Morgan fingerprint density at radius 2 is 1.83 bits per heavy atom. The molecule has 4 aromatic heterocycles. The van der Waals surface area contributed by atoms with Crippen LogP contribution in [0.1, 0.15) is 33.7 Å². The van der Waals surface area contributed by atoms with Gasteiger partial charge in [0.05, 0.1) is 18.1 Å². The molecule has 0 atom stereocenters. The maximum absolute atomic E-state index is 12.4. The number of anilines is 1. The van der Waals surface area contributed by atoms with Gasteiger partial charge in [-0.3, -0.25) is 19.1 Å². The van der Waals surface area contributed by atoms with Crippen molar-refractivity contribution in [2.75, 3.05) is 32.5 Å². The number of piperidine rings is 1. The lowest BCUT2D eigenvalue weighted by Gasteiger charge is -2.28. The van der Waals surface area contributed by atoms with Crippen molar-refractivity contribution in [1.29, 1.82) is 0 Å².